The molecule has 0 aliphatic rings. The molecule has 9 heavy (non-hydrogen) atoms. The van der Waals surface area contributed by atoms with Gasteiger partial charge in [0.15, 0.2) is 0 Å². The molecule has 2 nitrogen and oxygen atoms in total. The Morgan fingerprint density at radius 1 is 1.67 bits per heavy atom. The standard InChI is InChI=1S/C5H9BrO2.ClH/c1-4(2)8-5(7)3-6;/h4H,3H2,1-2H3;1H. The van der Waals surface area contributed by atoms with Gasteiger partial charge in [-0.05, 0) is 13.8 Å². The van der Waals surface area contributed by atoms with Crippen molar-refractivity contribution in [3.8, 4) is 0 Å². The van der Waals surface area contributed by atoms with Crippen LogP contribution in [-0.2, 0) is 9.53 Å². The van der Waals surface area contributed by atoms with Gasteiger partial charge in [0.1, 0.15) is 5.33 Å². The summed E-state index contributed by atoms with van der Waals surface area (Å²) < 4.78 is 4.71. The smallest absolute Gasteiger partial charge is 0.316 e. The first-order valence-electron chi connectivity index (χ1n) is 2.42. The lowest BCUT2D eigenvalue weighted by Gasteiger charge is -2.03. The van der Waals surface area contributed by atoms with Crippen molar-refractivity contribution in [1.29, 1.82) is 0 Å². The maximum Gasteiger partial charge on any atom is 0.316 e. The minimum atomic E-state index is -0.208. The van der Waals surface area contributed by atoms with E-state index in [1.165, 1.54) is 0 Å². The summed E-state index contributed by atoms with van der Waals surface area (Å²) in [4.78, 5) is 10.4. The zero-order chi connectivity index (χ0) is 6.57. The third-order valence-corrected chi connectivity index (χ3v) is 0.934. The Morgan fingerprint density at radius 2 is 2.11 bits per heavy atom. The van der Waals surface area contributed by atoms with E-state index in [0.717, 1.165) is 0 Å². The van der Waals surface area contributed by atoms with Crippen LogP contribution in [-0.4, -0.2) is 17.4 Å². The molecule has 0 aromatic rings. The molecule has 0 aliphatic heterocycles. The van der Waals surface area contributed by atoms with Gasteiger partial charge in [-0.15, -0.1) is 12.4 Å². The van der Waals surface area contributed by atoms with Crippen LogP contribution in [0.4, 0.5) is 0 Å². The van der Waals surface area contributed by atoms with E-state index in [0.29, 0.717) is 0 Å². The second kappa shape index (κ2) is 6.36. The van der Waals surface area contributed by atoms with Crippen LogP contribution in [0.2, 0.25) is 0 Å². The lowest BCUT2D eigenvalue weighted by molar-refractivity contribution is -0.143. The van der Waals surface area contributed by atoms with E-state index in [-0.39, 0.29) is 29.8 Å². The monoisotopic (exact) mass is 216 g/mol. The van der Waals surface area contributed by atoms with Crippen molar-refractivity contribution in [3.05, 3.63) is 0 Å². The van der Waals surface area contributed by atoms with Crippen molar-refractivity contribution >= 4 is 34.3 Å². The Kier molecular flexibility index (Phi) is 8.46. The summed E-state index contributed by atoms with van der Waals surface area (Å²) in [6.07, 6.45) is 0.0000463. The minimum absolute atomic E-state index is 0. The van der Waals surface area contributed by atoms with E-state index in [2.05, 4.69) is 15.9 Å². The molecule has 0 unspecified atom stereocenters. The van der Waals surface area contributed by atoms with Crippen LogP contribution >= 0.6 is 28.3 Å². The Hall–Kier alpha value is 0.240. The fourth-order valence-corrected chi connectivity index (χ4v) is 0.427. The van der Waals surface area contributed by atoms with Crippen molar-refractivity contribution in [1.82, 2.24) is 0 Å². The first-order chi connectivity index (χ1) is 3.66. The molecular weight excluding hydrogens is 207 g/mol. The molecule has 0 amide bonds. The molecular formula is C5H10BrClO2. The number of ether oxygens (including phenoxy) is 1. The van der Waals surface area contributed by atoms with Crippen LogP contribution in [0.5, 0.6) is 0 Å². The number of hydrogen-bond donors (Lipinski definition) is 0. The van der Waals surface area contributed by atoms with Crippen LogP contribution in [0.15, 0.2) is 0 Å². The molecule has 0 spiro atoms. The zero-order valence-corrected chi connectivity index (χ0v) is 7.79. The average Bonchev–Trinajstić information content (AvgIpc) is 1.65. The average molecular weight is 217 g/mol. The van der Waals surface area contributed by atoms with Gasteiger partial charge in [0.25, 0.3) is 0 Å². The summed E-state index contributed by atoms with van der Waals surface area (Å²) in [5.74, 6) is -0.208. The summed E-state index contributed by atoms with van der Waals surface area (Å²) >= 11 is 2.97. The van der Waals surface area contributed by atoms with Gasteiger partial charge in [-0.2, -0.15) is 0 Å². The highest BCUT2D eigenvalue weighted by molar-refractivity contribution is 9.09. The SMILES string of the molecule is CC(C)OC(=O)CBr.Cl. The summed E-state index contributed by atoms with van der Waals surface area (Å²) in [5.41, 5.74) is 0. The first kappa shape index (κ1) is 12.0. The fraction of sp³-hybridized carbons (Fsp3) is 0.800. The second-order valence-electron chi connectivity index (χ2n) is 1.67. The molecule has 0 aromatic carbocycles. The molecule has 0 saturated carbocycles. The van der Waals surface area contributed by atoms with Gasteiger partial charge in [-0.1, -0.05) is 15.9 Å². The predicted octanol–water partition coefficient (Wildman–Crippen LogP) is 1.75. The van der Waals surface area contributed by atoms with E-state index in [9.17, 15) is 4.79 Å². The van der Waals surface area contributed by atoms with Crippen molar-refractivity contribution in [2.75, 3.05) is 5.33 Å². The Bertz CT molecular complexity index is 85.0. The number of carbonyl (C=O) groups is 1. The van der Waals surface area contributed by atoms with Crippen LogP contribution in [0.3, 0.4) is 0 Å². The van der Waals surface area contributed by atoms with Crippen molar-refractivity contribution < 1.29 is 9.53 Å². The zero-order valence-electron chi connectivity index (χ0n) is 5.39. The van der Waals surface area contributed by atoms with Crippen LogP contribution in [0.25, 0.3) is 0 Å². The highest BCUT2D eigenvalue weighted by Crippen LogP contribution is 1.90. The number of halogens is 2. The summed E-state index contributed by atoms with van der Waals surface area (Å²) in [7, 11) is 0. The molecule has 0 N–H and O–H groups in total. The van der Waals surface area contributed by atoms with Crippen molar-refractivity contribution in [2.45, 2.75) is 20.0 Å². The van der Waals surface area contributed by atoms with E-state index < -0.39 is 0 Å². The van der Waals surface area contributed by atoms with E-state index in [4.69, 9.17) is 4.74 Å². The summed E-state index contributed by atoms with van der Waals surface area (Å²) in [6.45, 7) is 3.64. The number of rotatable bonds is 2. The molecule has 0 heterocycles. The highest BCUT2D eigenvalue weighted by Gasteiger charge is 2.00. The third-order valence-electron chi connectivity index (χ3n) is 0.476. The fourth-order valence-electron chi connectivity index (χ4n) is 0.294. The number of hydrogen-bond acceptors (Lipinski definition) is 2. The molecule has 56 valence electrons. The third kappa shape index (κ3) is 8.24. The van der Waals surface area contributed by atoms with Gasteiger partial charge in [0, 0.05) is 0 Å². The molecule has 0 rings (SSSR count). The maximum atomic E-state index is 10.4. The summed E-state index contributed by atoms with van der Waals surface area (Å²) in [5, 5.41) is 0.283. The Labute approximate surface area is 69.5 Å². The molecule has 0 fully saturated rings. The van der Waals surface area contributed by atoms with Crippen LogP contribution < -0.4 is 0 Å². The van der Waals surface area contributed by atoms with E-state index in [1.807, 2.05) is 13.8 Å². The van der Waals surface area contributed by atoms with E-state index >= 15 is 0 Å². The lowest BCUT2D eigenvalue weighted by atomic mass is 10.5. The first-order valence-corrected chi connectivity index (χ1v) is 3.54. The minimum Gasteiger partial charge on any atom is -0.462 e. The number of carbonyl (C=O) groups excluding carboxylic acids is 1. The van der Waals surface area contributed by atoms with Crippen molar-refractivity contribution in [2.24, 2.45) is 0 Å². The quantitative estimate of drug-likeness (QED) is 0.520. The molecule has 0 saturated heterocycles. The number of alkyl halides is 1. The molecule has 0 aliphatic carbocycles. The van der Waals surface area contributed by atoms with E-state index in [1.54, 1.807) is 0 Å². The lowest BCUT2D eigenvalue weighted by Crippen LogP contribution is -2.11. The highest BCUT2D eigenvalue weighted by atomic mass is 79.9. The normalized spacial score (nSPS) is 8.44. The Balaban J connectivity index is 0. The maximum absolute atomic E-state index is 10.4. The Morgan fingerprint density at radius 3 is 2.22 bits per heavy atom. The van der Waals surface area contributed by atoms with Gasteiger partial charge in [-0.25, -0.2) is 0 Å². The van der Waals surface area contributed by atoms with Gasteiger partial charge >= 0.3 is 5.97 Å². The molecule has 0 aromatic heterocycles. The molecule has 0 radical (unpaired) electrons. The molecule has 0 bridgehead atoms. The largest absolute Gasteiger partial charge is 0.462 e. The van der Waals surface area contributed by atoms with Crippen molar-refractivity contribution in [3.63, 3.8) is 0 Å². The molecule has 4 heteroatoms. The van der Waals surface area contributed by atoms with Gasteiger partial charge in [0.05, 0.1) is 6.10 Å². The van der Waals surface area contributed by atoms with Gasteiger partial charge in [-0.3, -0.25) is 4.79 Å². The second-order valence-corrected chi connectivity index (χ2v) is 2.23. The summed E-state index contributed by atoms with van der Waals surface area (Å²) in [6, 6.07) is 0. The van der Waals surface area contributed by atoms with Gasteiger partial charge in [0.2, 0.25) is 0 Å². The van der Waals surface area contributed by atoms with Crippen LogP contribution in [0, 0.1) is 0 Å². The van der Waals surface area contributed by atoms with Gasteiger partial charge < -0.3 is 4.74 Å². The topological polar surface area (TPSA) is 26.3 Å². The van der Waals surface area contributed by atoms with Crippen LogP contribution in [0.1, 0.15) is 13.8 Å². The number of esters is 1. The molecule has 0 atom stereocenters. The predicted molar refractivity (Wildman–Crippen MR) is 42.3 cm³/mol.